The molecule has 4 heterocycles. The third-order valence-electron chi connectivity index (χ3n) is 29.3. The molecule has 0 saturated heterocycles. The van der Waals surface area contributed by atoms with Crippen LogP contribution in [0, 0.1) is 5.82 Å². The van der Waals surface area contributed by atoms with Crippen molar-refractivity contribution in [1.82, 2.24) is 0 Å². The van der Waals surface area contributed by atoms with E-state index >= 15 is 4.39 Å². The van der Waals surface area contributed by atoms with Crippen LogP contribution in [0.4, 0.5) is 72.6 Å². The van der Waals surface area contributed by atoms with Gasteiger partial charge in [-0.1, -0.05) is 340 Å². The first kappa shape index (κ1) is 85.4. The molecule has 0 radical (unpaired) electrons. The Morgan fingerprint density at radius 1 is 0.156 bits per heavy atom. The molecular formula is C138H87FN4O4. The Morgan fingerprint density at radius 3 is 0.966 bits per heavy atom. The van der Waals surface area contributed by atoms with Gasteiger partial charge in [0.2, 0.25) is 0 Å². The van der Waals surface area contributed by atoms with Crippen LogP contribution in [0.1, 0.15) is 0 Å². The van der Waals surface area contributed by atoms with Gasteiger partial charge in [0.05, 0.1) is 28.4 Å². The van der Waals surface area contributed by atoms with Crippen LogP contribution in [-0.4, -0.2) is 0 Å². The third-order valence-corrected chi connectivity index (χ3v) is 29.3. The van der Waals surface area contributed by atoms with E-state index in [-0.39, 0.29) is 5.82 Å². The van der Waals surface area contributed by atoms with Crippen molar-refractivity contribution in [3.63, 3.8) is 0 Å². The Labute approximate surface area is 847 Å². The van der Waals surface area contributed by atoms with Crippen molar-refractivity contribution in [3.8, 4) is 101 Å². The monoisotopic (exact) mass is 1880 g/mol. The maximum absolute atomic E-state index is 17.4. The van der Waals surface area contributed by atoms with Crippen LogP contribution in [0.3, 0.4) is 0 Å². The normalized spacial score (nSPS) is 11.8. The molecule has 2 aliphatic heterocycles. The zero-order valence-electron chi connectivity index (χ0n) is 79.5. The number of halogens is 1. The molecule has 27 aromatic rings. The molecule has 147 heavy (non-hydrogen) atoms. The quantitative estimate of drug-likeness (QED) is 0.0836. The third kappa shape index (κ3) is 14.6. The molecule has 0 fully saturated rings. The number of ether oxygens (including phenoxy) is 2. The Morgan fingerprint density at radius 2 is 0.483 bits per heavy atom. The molecule has 0 spiro atoms. The van der Waals surface area contributed by atoms with E-state index in [1.807, 2.05) is 114 Å². The average Bonchev–Trinajstić information content (AvgIpc) is 1.56. The fourth-order valence-corrected chi connectivity index (χ4v) is 22.7. The molecule has 0 bridgehead atoms. The molecule has 9 heteroatoms. The van der Waals surface area contributed by atoms with Crippen molar-refractivity contribution in [2.45, 2.75) is 0 Å². The van der Waals surface area contributed by atoms with Crippen LogP contribution in [-0.2, 0) is 0 Å². The van der Waals surface area contributed by atoms with Crippen molar-refractivity contribution >= 4 is 177 Å². The predicted molar refractivity (Wildman–Crippen MR) is 609 cm³/mol. The SMILES string of the molecule is Fc1cc(-c2ccccc2)cc(-c2ccccc2)c1N(c1ccccc1)c1ccc2c(c1)Oc1cccc3c1c-2cc1c2ccccc2c(-c2ccc(N(c4ccccc4)c4cccc5c4oc4ccccc45)cc2)cc31.c1ccc(-c2ccccc2N(c2ccc(-c3cc4c5cccc6c5c(cc4c4ccccc34)-c3ccc(N(c4ccccc4)c4ccccc4)cc3O6)cc2)c2cccc3c2oc2ccccc23)cc1. The molecule has 2 aliphatic rings. The minimum absolute atomic E-state index is 0.331. The fourth-order valence-electron chi connectivity index (χ4n) is 22.7. The Balaban J connectivity index is 0.000000143. The highest BCUT2D eigenvalue weighted by molar-refractivity contribution is 6.28. The van der Waals surface area contributed by atoms with E-state index in [0.717, 1.165) is 228 Å². The van der Waals surface area contributed by atoms with Gasteiger partial charge >= 0.3 is 0 Å². The lowest BCUT2D eigenvalue weighted by atomic mass is 9.86. The molecule has 0 N–H and O–H groups in total. The van der Waals surface area contributed by atoms with Gasteiger partial charge in [-0.15, -0.1) is 0 Å². The minimum Gasteiger partial charge on any atom is -0.456 e. The summed E-state index contributed by atoms with van der Waals surface area (Å²) in [6, 6.07) is 185. The Kier molecular flexibility index (Phi) is 20.7. The summed E-state index contributed by atoms with van der Waals surface area (Å²) in [5.74, 6) is 2.85. The van der Waals surface area contributed by atoms with Gasteiger partial charge in [0, 0.05) is 107 Å². The average molecular weight is 1880 g/mol. The molecule has 0 unspecified atom stereocenters. The van der Waals surface area contributed by atoms with Gasteiger partial charge in [-0.3, -0.25) is 0 Å². The molecule has 0 amide bonds. The van der Waals surface area contributed by atoms with Crippen molar-refractivity contribution in [3.05, 3.63) is 534 Å². The number of benzene rings is 25. The molecule has 690 valence electrons. The van der Waals surface area contributed by atoms with Crippen LogP contribution in [0.5, 0.6) is 23.0 Å². The molecule has 0 saturated carbocycles. The van der Waals surface area contributed by atoms with Crippen molar-refractivity contribution in [1.29, 1.82) is 0 Å². The van der Waals surface area contributed by atoms with E-state index in [1.54, 1.807) is 6.07 Å². The lowest BCUT2D eigenvalue weighted by molar-refractivity contribution is 0.487. The van der Waals surface area contributed by atoms with Gasteiger partial charge in [0.25, 0.3) is 0 Å². The molecule has 0 aliphatic carbocycles. The fraction of sp³-hybridized carbons (Fsp3) is 0. The number of rotatable bonds is 17. The molecule has 2 aromatic heterocycles. The first-order valence-corrected chi connectivity index (χ1v) is 49.8. The van der Waals surface area contributed by atoms with E-state index in [4.69, 9.17) is 18.3 Å². The van der Waals surface area contributed by atoms with Gasteiger partial charge in [0.15, 0.2) is 11.2 Å². The summed E-state index contributed by atoms with van der Waals surface area (Å²) in [4.78, 5) is 8.94. The number of hydrogen-bond donors (Lipinski definition) is 0. The summed E-state index contributed by atoms with van der Waals surface area (Å²) in [5.41, 5.74) is 29.4. The van der Waals surface area contributed by atoms with E-state index in [0.29, 0.717) is 11.4 Å². The Bertz CT molecular complexity index is 9840. The van der Waals surface area contributed by atoms with Gasteiger partial charge in [0.1, 0.15) is 40.0 Å². The summed E-state index contributed by atoms with van der Waals surface area (Å²) in [5, 5.41) is 18.3. The second-order valence-corrected chi connectivity index (χ2v) is 37.7. The molecule has 8 nitrogen and oxygen atoms in total. The number of anilines is 12. The highest BCUT2D eigenvalue weighted by Gasteiger charge is 2.32. The maximum atomic E-state index is 17.4. The maximum Gasteiger partial charge on any atom is 0.159 e. The number of para-hydroxylation sites is 9. The van der Waals surface area contributed by atoms with Crippen molar-refractivity contribution < 1.29 is 22.7 Å². The lowest BCUT2D eigenvalue weighted by Gasteiger charge is -2.30. The van der Waals surface area contributed by atoms with E-state index in [9.17, 15) is 0 Å². The van der Waals surface area contributed by atoms with E-state index < -0.39 is 0 Å². The smallest absolute Gasteiger partial charge is 0.159 e. The van der Waals surface area contributed by atoms with Gasteiger partial charge in [-0.2, -0.15) is 0 Å². The van der Waals surface area contributed by atoms with Crippen LogP contribution in [0.2, 0.25) is 0 Å². The van der Waals surface area contributed by atoms with Crippen molar-refractivity contribution in [2.24, 2.45) is 0 Å². The van der Waals surface area contributed by atoms with Gasteiger partial charge < -0.3 is 37.9 Å². The van der Waals surface area contributed by atoms with Gasteiger partial charge in [-0.05, 0) is 285 Å². The van der Waals surface area contributed by atoms with Crippen LogP contribution in [0.25, 0.3) is 186 Å². The van der Waals surface area contributed by atoms with Crippen LogP contribution < -0.4 is 29.1 Å². The highest BCUT2D eigenvalue weighted by Crippen LogP contribution is 2.58. The van der Waals surface area contributed by atoms with E-state index in [2.05, 4.69) is 427 Å². The van der Waals surface area contributed by atoms with Crippen molar-refractivity contribution in [2.75, 3.05) is 19.6 Å². The summed E-state index contributed by atoms with van der Waals surface area (Å²) < 4.78 is 44.6. The first-order chi connectivity index (χ1) is 72.8. The summed E-state index contributed by atoms with van der Waals surface area (Å²) in [7, 11) is 0. The number of nitrogens with zero attached hydrogens (tertiary/aromatic N) is 4. The number of fused-ring (bicyclic) bond motifs is 18. The lowest BCUT2D eigenvalue weighted by Crippen LogP contribution is -2.14. The summed E-state index contributed by atoms with van der Waals surface area (Å²) in [6.45, 7) is 0. The standard InChI is InChI=1S/C72H45FN2O2.C66H42N2O2/c73-65-42-49(46-19-5-1-6-20-46)41-61(47-21-7-2-8-22-47)71(65)75(51-25-11-4-12-26-51)53-39-40-57-64-45-62-55-28-14-13-27-54(55)60(44-63(62)58-30-18-34-68(70(58)64)76-69(57)43-53)48-35-37-52(38-36-48)74(50-23-9-3-10-24-50)66-32-17-31-59-56-29-15-16-33-67(56)77-72(59)66;1-4-18-43(19-5-1)49-24-12-14-30-60(49)68(61-31-16-29-55-52-27-13-15-32-62(52)70-66(55)61)47-36-34-44(35-37-47)56-41-58-54-28-17-33-63-65(54)59(42-57(58)51-26-11-10-25-50(51)56)53-39-38-48(40-64(53)69-63)67(45-20-6-2-7-21-45)46-22-8-3-9-23-46/h1-45H;1-42H. The molecule has 29 rings (SSSR count). The molecule has 25 aromatic carbocycles. The summed E-state index contributed by atoms with van der Waals surface area (Å²) >= 11 is 0. The first-order valence-electron chi connectivity index (χ1n) is 49.8. The second kappa shape index (κ2) is 35.6. The highest BCUT2D eigenvalue weighted by atomic mass is 19.1. The summed E-state index contributed by atoms with van der Waals surface area (Å²) in [6.07, 6.45) is 0. The molecular weight excluding hydrogens is 1800 g/mol. The van der Waals surface area contributed by atoms with E-state index in [1.165, 1.54) is 38.1 Å². The predicted octanol–water partition coefficient (Wildman–Crippen LogP) is 40.0. The van der Waals surface area contributed by atoms with Crippen LogP contribution in [0.15, 0.2) is 537 Å². The Hall–Kier alpha value is -19.6. The zero-order valence-corrected chi connectivity index (χ0v) is 79.5. The number of furan rings is 2. The van der Waals surface area contributed by atoms with Gasteiger partial charge in [-0.25, -0.2) is 4.39 Å². The largest absolute Gasteiger partial charge is 0.456 e. The number of hydrogen-bond acceptors (Lipinski definition) is 8. The topological polar surface area (TPSA) is 57.7 Å². The second-order valence-electron chi connectivity index (χ2n) is 37.7. The van der Waals surface area contributed by atoms with Crippen LogP contribution >= 0.6 is 0 Å². The minimum atomic E-state index is -0.331. The molecule has 0 atom stereocenters. The zero-order chi connectivity index (χ0) is 97.1.